The van der Waals surface area contributed by atoms with Crippen molar-refractivity contribution in [3.8, 4) is 0 Å². The van der Waals surface area contributed by atoms with Crippen LogP contribution in [-0.2, 0) is 6.54 Å². The fourth-order valence-corrected chi connectivity index (χ4v) is 2.22. The molecule has 1 aromatic rings. The molecule has 2 rings (SSSR count). The summed E-state index contributed by atoms with van der Waals surface area (Å²) in [5.74, 6) is -1.20. The first-order valence-corrected chi connectivity index (χ1v) is 6.42. The molecule has 20 heavy (non-hydrogen) atoms. The van der Waals surface area contributed by atoms with Crippen molar-refractivity contribution in [3.63, 3.8) is 0 Å². The van der Waals surface area contributed by atoms with Crippen molar-refractivity contribution in [2.24, 2.45) is 0 Å². The molecule has 2 amide bonds. The fourth-order valence-electron chi connectivity index (χ4n) is 1.51. The highest BCUT2D eigenvalue weighted by Gasteiger charge is 2.64. The van der Waals surface area contributed by atoms with Crippen LogP contribution >= 0.6 is 11.3 Å². The van der Waals surface area contributed by atoms with Crippen LogP contribution in [0.2, 0.25) is 0 Å². The van der Waals surface area contributed by atoms with Gasteiger partial charge in [0.25, 0.3) is 0 Å². The molecule has 0 aromatic carbocycles. The van der Waals surface area contributed by atoms with Gasteiger partial charge >= 0.3 is 18.2 Å². The first-order valence-electron chi connectivity index (χ1n) is 5.54. The van der Waals surface area contributed by atoms with Gasteiger partial charge in [-0.05, 0) is 12.8 Å². The second-order valence-electron chi connectivity index (χ2n) is 4.32. The fraction of sp³-hybridized carbons (Fsp3) is 0.500. The minimum Gasteiger partial charge on any atom is -0.476 e. The van der Waals surface area contributed by atoms with Crippen molar-refractivity contribution in [3.05, 3.63) is 16.1 Å². The Balaban J connectivity index is 1.85. The van der Waals surface area contributed by atoms with Crippen LogP contribution in [0.25, 0.3) is 0 Å². The van der Waals surface area contributed by atoms with E-state index >= 15 is 0 Å². The summed E-state index contributed by atoms with van der Waals surface area (Å²) in [5.41, 5.74) is -2.28. The number of aromatic carboxylic acids is 1. The molecule has 0 aliphatic heterocycles. The van der Waals surface area contributed by atoms with Crippen LogP contribution in [0.5, 0.6) is 0 Å². The molecule has 1 saturated carbocycles. The molecule has 6 nitrogen and oxygen atoms in total. The predicted octanol–water partition coefficient (Wildman–Crippen LogP) is 1.74. The number of hydrogen-bond acceptors (Lipinski definition) is 4. The highest BCUT2D eigenvalue weighted by Crippen LogP contribution is 2.48. The zero-order valence-corrected chi connectivity index (χ0v) is 10.8. The van der Waals surface area contributed by atoms with Gasteiger partial charge in [-0.15, -0.1) is 11.3 Å². The lowest BCUT2D eigenvalue weighted by Crippen LogP contribution is -2.51. The number of halogens is 3. The third-order valence-corrected chi connectivity index (χ3v) is 3.67. The van der Waals surface area contributed by atoms with Gasteiger partial charge in [-0.1, -0.05) is 0 Å². The highest BCUT2D eigenvalue weighted by atomic mass is 32.1. The van der Waals surface area contributed by atoms with E-state index in [0.717, 1.165) is 11.3 Å². The number of thiazole rings is 1. The van der Waals surface area contributed by atoms with Crippen molar-refractivity contribution in [2.45, 2.75) is 31.1 Å². The summed E-state index contributed by atoms with van der Waals surface area (Å²) in [4.78, 5) is 25.7. The quantitative estimate of drug-likeness (QED) is 0.790. The van der Waals surface area contributed by atoms with Gasteiger partial charge in [0.05, 0.1) is 6.54 Å². The molecule has 1 aliphatic carbocycles. The number of nitrogens with zero attached hydrogens (tertiary/aromatic N) is 1. The number of carboxylic acid groups (broad SMARTS) is 1. The first-order chi connectivity index (χ1) is 9.23. The molecule has 0 bridgehead atoms. The van der Waals surface area contributed by atoms with E-state index in [1.54, 1.807) is 0 Å². The van der Waals surface area contributed by atoms with Gasteiger partial charge in [-0.25, -0.2) is 14.6 Å². The number of rotatable bonds is 4. The zero-order valence-electron chi connectivity index (χ0n) is 9.95. The minimum atomic E-state index is -4.47. The maximum absolute atomic E-state index is 12.6. The number of aromatic nitrogens is 1. The molecule has 1 aromatic heterocycles. The minimum absolute atomic E-state index is 0.127. The van der Waals surface area contributed by atoms with Gasteiger partial charge in [0.2, 0.25) is 0 Å². The Morgan fingerprint density at radius 2 is 2.10 bits per heavy atom. The molecule has 0 unspecified atom stereocenters. The van der Waals surface area contributed by atoms with Crippen LogP contribution in [0.3, 0.4) is 0 Å². The number of carbonyl (C=O) groups is 2. The van der Waals surface area contributed by atoms with E-state index in [9.17, 15) is 22.8 Å². The summed E-state index contributed by atoms with van der Waals surface area (Å²) in [5, 5.41) is 14.4. The molecule has 0 spiro atoms. The average molecular weight is 309 g/mol. The standard InChI is InChI=1S/C10H10F3N3O3S/c11-10(12,13)9(1-2-9)16-8(19)14-3-6-15-5(4-20-6)7(17)18/h4H,1-3H2,(H,17,18)(H2,14,16,19). The van der Waals surface area contributed by atoms with Crippen LogP contribution in [0.4, 0.5) is 18.0 Å². The lowest BCUT2D eigenvalue weighted by atomic mass is 10.3. The summed E-state index contributed by atoms with van der Waals surface area (Å²) < 4.78 is 37.8. The number of carboxylic acids is 1. The molecular formula is C10H10F3N3O3S. The molecule has 10 heteroatoms. The van der Waals surface area contributed by atoms with Crippen LogP contribution in [0, 0.1) is 0 Å². The maximum Gasteiger partial charge on any atom is 0.411 e. The van der Waals surface area contributed by atoms with E-state index in [1.165, 1.54) is 5.38 Å². The summed E-state index contributed by atoms with van der Waals surface area (Å²) in [7, 11) is 0. The van der Waals surface area contributed by atoms with Gasteiger partial charge in [-0.3, -0.25) is 0 Å². The largest absolute Gasteiger partial charge is 0.476 e. The van der Waals surface area contributed by atoms with Crippen molar-refractivity contribution in [2.75, 3.05) is 0 Å². The number of carbonyl (C=O) groups excluding carboxylic acids is 1. The Kier molecular flexibility index (Phi) is 3.59. The molecular weight excluding hydrogens is 299 g/mol. The van der Waals surface area contributed by atoms with Crippen LogP contribution in [-0.4, -0.2) is 33.8 Å². The number of alkyl halides is 3. The van der Waals surface area contributed by atoms with Crippen molar-refractivity contribution in [1.82, 2.24) is 15.6 Å². The number of amides is 2. The van der Waals surface area contributed by atoms with Gasteiger partial charge in [-0.2, -0.15) is 13.2 Å². The van der Waals surface area contributed by atoms with Crippen molar-refractivity contribution < 1.29 is 27.9 Å². The van der Waals surface area contributed by atoms with Crippen LogP contribution < -0.4 is 10.6 Å². The Morgan fingerprint density at radius 1 is 1.45 bits per heavy atom. The van der Waals surface area contributed by atoms with Crippen LogP contribution in [0.15, 0.2) is 5.38 Å². The summed E-state index contributed by atoms with van der Waals surface area (Å²) in [6.07, 6.45) is -4.74. The molecule has 0 atom stereocenters. The second-order valence-corrected chi connectivity index (χ2v) is 5.26. The molecule has 1 fully saturated rings. The zero-order chi connectivity index (χ0) is 15.0. The smallest absolute Gasteiger partial charge is 0.411 e. The molecule has 110 valence electrons. The normalized spacial score (nSPS) is 16.6. The van der Waals surface area contributed by atoms with Crippen molar-refractivity contribution in [1.29, 1.82) is 0 Å². The van der Waals surface area contributed by atoms with Gasteiger partial charge in [0, 0.05) is 5.38 Å². The number of urea groups is 1. The summed E-state index contributed by atoms with van der Waals surface area (Å²) in [6.45, 7) is -0.127. The molecule has 0 saturated heterocycles. The molecule has 1 heterocycles. The van der Waals surface area contributed by atoms with E-state index in [0.29, 0.717) is 5.01 Å². The number of hydrogen-bond donors (Lipinski definition) is 3. The Labute approximate surface area is 115 Å². The predicted molar refractivity (Wildman–Crippen MR) is 62.5 cm³/mol. The van der Waals surface area contributed by atoms with Gasteiger partial charge < -0.3 is 15.7 Å². The third-order valence-electron chi connectivity index (χ3n) is 2.82. The van der Waals surface area contributed by atoms with Crippen LogP contribution in [0.1, 0.15) is 28.3 Å². The Bertz CT molecular complexity index is 539. The van der Waals surface area contributed by atoms with Gasteiger partial charge in [0.1, 0.15) is 10.5 Å². The lowest BCUT2D eigenvalue weighted by molar-refractivity contribution is -0.162. The average Bonchev–Trinajstić information content (AvgIpc) is 2.96. The topological polar surface area (TPSA) is 91.3 Å². The SMILES string of the molecule is O=C(NCc1nc(C(=O)O)cs1)NC1(C(F)(F)F)CC1. The van der Waals surface area contributed by atoms with Gasteiger partial charge in [0.15, 0.2) is 5.69 Å². The first kappa shape index (κ1) is 14.6. The lowest BCUT2D eigenvalue weighted by Gasteiger charge is -2.20. The van der Waals surface area contributed by atoms with Crippen molar-refractivity contribution >= 4 is 23.3 Å². The Hall–Kier alpha value is -1.84. The summed E-state index contributed by atoms with van der Waals surface area (Å²) >= 11 is 1.00. The maximum atomic E-state index is 12.6. The van der Waals surface area contributed by atoms with E-state index in [1.807, 2.05) is 5.32 Å². The molecule has 3 N–H and O–H groups in total. The van der Waals surface area contributed by atoms with E-state index in [4.69, 9.17) is 5.11 Å². The molecule has 0 radical (unpaired) electrons. The highest BCUT2D eigenvalue weighted by molar-refractivity contribution is 7.09. The Morgan fingerprint density at radius 3 is 2.55 bits per heavy atom. The monoisotopic (exact) mass is 309 g/mol. The molecule has 1 aliphatic rings. The third kappa shape index (κ3) is 3.00. The second kappa shape index (κ2) is 4.93. The van der Waals surface area contributed by atoms with E-state index < -0.39 is 23.7 Å². The number of nitrogens with one attached hydrogen (secondary N) is 2. The van der Waals surface area contributed by atoms with E-state index in [-0.39, 0.29) is 25.1 Å². The van der Waals surface area contributed by atoms with E-state index in [2.05, 4.69) is 10.3 Å². The summed E-state index contributed by atoms with van der Waals surface area (Å²) in [6, 6.07) is -0.952.